The number of rotatable bonds is 9. The van der Waals surface area contributed by atoms with Gasteiger partial charge in [-0.05, 0) is 62.4 Å². The zero-order chi connectivity index (χ0) is 30.5. The molecular formula is C36H30N4O4. The van der Waals surface area contributed by atoms with Crippen LogP contribution in [-0.2, 0) is 9.59 Å². The first-order valence-electron chi connectivity index (χ1n) is 14.3. The average Bonchev–Trinajstić information content (AvgIpc) is 3.50. The Bertz CT molecular complexity index is 1690. The van der Waals surface area contributed by atoms with Gasteiger partial charge < -0.3 is 9.47 Å². The van der Waals surface area contributed by atoms with Crippen LogP contribution in [0.25, 0.3) is 12.2 Å². The number of hydrogen-bond acceptors (Lipinski definition) is 6. The summed E-state index contributed by atoms with van der Waals surface area (Å²) in [6.45, 7) is 4.18. The first-order chi connectivity index (χ1) is 21.5. The van der Waals surface area contributed by atoms with Crippen molar-refractivity contribution in [2.75, 3.05) is 23.2 Å². The molecule has 0 aromatic heterocycles. The molecule has 0 atom stereocenters. The molecule has 2 aliphatic heterocycles. The number of hydrazone groups is 2. The molecule has 2 aliphatic rings. The largest absolute Gasteiger partial charge is 0.489 e. The fraction of sp³-hybridized carbons (Fsp3) is 0.111. The topological polar surface area (TPSA) is 83.8 Å². The Morgan fingerprint density at radius 3 is 1.32 bits per heavy atom. The van der Waals surface area contributed by atoms with Crippen molar-refractivity contribution >= 4 is 46.8 Å². The molecule has 8 heteroatoms. The Kier molecular flexibility index (Phi) is 8.14. The van der Waals surface area contributed by atoms with Crippen LogP contribution in [0.4, 0.5) is 11.4 Å². The van der Waals surface area contributed by atoms with Crippen LogP contribution in [0.2, 0.25) is 0 Å². The molecule has 0 radical (unpaired) electrons. The normalized spacial score (nSPS) is 16.5. The lowest BCUT2D eigenvalue weighted by atomic mass is 10.1. The quantitative estimate of drug-likeness (QED) is 0.161. The summed E-state index contributed by atoms with van der Waals surface area (Å²) in [7, 11) is 0. The number of carbonyl (C=O) groups is 2. The molecule has 44 heavy (non-hydrogen) atoms. The highest BCUT2D eigenvalue weighted by Gasteiger charge is 2.30. The van der Waals surface area contributed by atoms with Gasteiger partial charge in [0.2, 0.25) is 0 Å². The molecule has 0 aliphatic carbocycles. The van der Waals surface area contributed by atoms with Crippen molar-refractivity contribution in [2.45, 2.75) is 13.8 Å². The van der Waals surface area contributed by atoms with E-state index in [9.17, 15) is 9.59 Å². The molecular weight excluding hydrogens is 552 g/mol. The van der Waals surface area contributed by atoms with Gasteiger partial charge in [0, 0.05) is 11.1 Å². The fourth-order valence-electron chi connectivity index (χ4n) is 4.93. The van der Waals surface area contributed by atoms with E-state index in [1.165, 1.54) is 10.0 Å². The van der Waals surface area contributed by atoms with E-state index in [-0.39, 0.29) is 25.0 Å². The van der Waals surface area contributed by atoms with Crippen molar-refractivity contribution in [1.82, 2.24) is 0 Å². The molecule has 0 saturated carbocycles. The zero-order valence-corrected chi connectivity index (χ0v) is 24.4. The maximum absolute atomic E-state index is 13.2. The van der Waals surface area contributed by atoms with Gasteiger partial charge in [0.1, 0.15) is 24.7 Å². The Labute approximate surface area is 255 Å². The number of amides is 2. The van der Waals surface area contributed by atoms with Gasteiger partial charge in [-0.15, -0.1) is 0 Å². The van der Waals surface area contributed by atoms with E-state index in [0.29, 0.717) is 45.4 Å². The minimum atomic E-state index is -0.189. The van der Waals surface area contributed by atoms with Gasteiger partial charge in [0.05, 0.1) is 33.9 Å². The molecule has 0 N–H and O–H groups in total. The Morgan fingerprint density at radius 2 is 0.909 bits per heavy atom. The molecule has 2 heterocycles. The van der Waals surface area contributed by atoms with Gasteiger partial charge >= 0.3 is 0 Å². The number of carbonyl (C=O) groups excluding carboxylic acids is 2. The number of para-hydroxylation sites is 4. The lowest BCUT2D eigenvalue weighted by Gasteiger charge is -2.13. The van der Waals surface area contributed by atoms with Crippen molar-refractivity contribution in [3.05, 3.63) is 131 Å². The Hall–Kier alpha value is -5.76. The van der Waals surface area contributed by atoms with Crippen molar-refractivity contribution < 1.29 is 19.1 Å². The molecule has 0 spiro atoms. The van der Waals surface area contributed by atoms with Gasteiger partial charge in [-0.2, -0.15) is 20.2 Å². The summed E-state index contributed by atoms with van der Waals surface area (Å²) in [6, 6.07) is 33.8. The second-order valence-electron chi connectivity index (χ2n) is 10.2. The minimum absolute atomic E-state index is 0.189. The summed E-state index contributed by atoms with van der Waals surface area (Å²) in [6.07, 6.45) is 3.62. The zero-order valence-electron chi connectivity index (χ0n) is 24.4. The highest BCUT2D eigenvalue weighted by atomic mass is 16.5. The molecule has 8 nitrogen and oxygen atoms in total. The second kappa shape index (κ2) is 12.6. The van der Waals surface area contributed by atoms with Crippen LogP contribution in [0.3, 0.4) is 0 Å². The minimum Gasteiger partial charge on any atom is -0.489 e. The monoisotopic (exact) mass is 582 g/mol. The van der Waals surface area contributed by atoms with Crippen molar-refractivity contribution in [2.24, 2.45) is 10.2 Å². The van der Waals surface area contributed by atoms with Gasteiger partial charge in [0.25, 0.3) is 11.8 Å². The predicted octanol–water partition coefficient (Wildman–Crippen LogP) is 6.76. The molecule has 218 valence electrons. The van der Waals surface area contributed by atoms with E-state index in [1.807, 2.05) is 135 Å². The van der Waals surface area contributed by atoms with Crippen LogP contribution in [0, 0.1) is 0 Å². The van der Waals surface area contributed by atoms with E-state index in [1.54, 1.807) is 0 Å². The molecule has 4 aromatic carbocycles. The van der Waals surface area contributed by atoms with Crippen molar-refractivity contribution in [1.29, 1.82) is 0 Å². The highest BCUT2D eigenvalue weighted by Crippen LogP contribution is 2.29. The summed E-state index contributed by atoms with van der Waals surface area (Å²) in [4.78, 5) is 26.4. The predicted molar refractivity (Wildman–Crippen MR) is 174 cm³/mol. The fourth-order valence-corrected chi connectivity index (χ4v) is 4.93. The van der Waals surface area contributed by atoms with Gasteiger partial charge in [-0.1, -0.05) is 72.8 Å². The highest BCUT2D eigenvalue weighted by molar-refractivity contribution is 6.33. The first kappa shape index (κ1) is 28.4. The molecule has 0 bridgehead atoms. The lowest BCUT2D eigenvalue weighted by Crippen LogP contribution is -2.21. The smallest absolute Gasteiger partial charge is 0.280 e. The third kappa shape index (κ3) is 5.91. The summed E-state index contributed by atoms with van der Waals surface area (Å²) in [5.74, 6) is 0.875. The van der Waals surface area contributed by atoms with E-state index >= 15 is 0 Å². The standard InChI is InChI=1S/C36H30N4O4/c1-25-31(35(41)39(37-25)29-15-5-3-6-16-29)23-27-13-9-11-19-33(27)43-21-22-44-34-20-12-10-14-28(34)24-32-26(2)38-40(36(32)42)30-17-7-4-8-18-30/h3-20,23-24H,21-22H2,1-2H3/b31-23-,32-24+. The van der Waals surface area contributed by atoms with E-state index in [0.717, 1.165) is 11.1 Å². The molecule has 0 fully saturated rings. The Balaban J connectivity index is 1.12. The van der Waals surface area contributed by atoms with Crippen LogP contribution < -0.4 is 19.5 Å². The third-order valence-electron chi connectivity index (χ3n) is 7.16. The number of hydrogen-bond donors (Lipinski definition) is 0. The third-order valence-corrected chi connectivity index (χ3v) is 7.16. The second-order valence-corrected chi connectivity index (χ2v) is 10.2. The van der Waals surface area contributed by atoms with Crippen LogP contribution in [-0.4, -0.2) is 36.5 Å². The van der Waals surface area contributed by atoms with Crippen LogP contribution in [0.5, 0.6) is 11.5 Å². The van der Waals surface area contributed by atoms with Crippen molar-refractivity contribution in [3.63, 3.8) is 0 Å². The van der Waals surface area contributed by atoms with E-state index < -0.39 is 0 Å². The number of ether oxygens (including phenoxy) is 2. The number of anilines is 2. The van der Waals surface area contributed by atoms with Crippen molar-refractivity contribution in [3.8, 4) is 11.5 Å². The van der Waals surface area contributed by atoms with Gasteiger partial charge in [0.15, 0.2) is 0 Å². The SMILES string of the molecule is CC1=NN(c2ccccc2)C(=O)/C1=C\c1ccccc1OCCOc1ccccc1/C=C1/C(=O)N(c2ccccc2)N=C1C. The molecule has 0 unspecified atom stereocenters. The number of benzene rings is 4. The van der Waals surface area contributed by atoms with Crippen LogP contribution >= 0.6 is 0 Å². The van der Waals surface area contributed by atoms with Crippen LogP contribution in [0.15, 0.2) is 131 Å². The maximum atomic E-state index is 13.2. The summed E-state index contributed by atoms with van der Waals surface area (Å²) < 4.78 is 12.2. The summed E-state index contributed by atoms with van der Waals surface area (Å²) >= 11 is 0. The Morgan fingerprint density at radius 1 is 0.545 bits per heavy atom. The lowest BCUT2D eigenvalue weighted by molar-refractivity contribution is -0.115. The average molecular weight is 583 g/mol. The van der Waals surface area contributed by atoms with Gasteiger partial charge in [-0.3, -0.25) is 9.59 Å². The van der Waals surface area contributed by atoms with E-state index in [2.05, 4.69) is 10.2 Å². The molecule has 6 rings (SSSR count). The number of nitrogens with zero attached hydrogens (tertiary/aromatic N) is 4. The van der Waals surface area contributed by atoms with Crippen LogP contribution in [0.1, 0.15) is 25.0 Å². The van der Waals surface area contributed by atoms with Gasteiger partial charge in [-0.25, -0.2) is 0 Å². The first-order valence-corrected chi connectivity index (χ1v) is 14.3. The molecule has 0 saturated heterocycles. The summed E-state index contributed by atoms with van der Waals surface area (Å²) in [5.41, 5.74) is 5.25. The molecule has 4 aromatic rings. The molecule has 2 amide bonds. The summed E-state index contributed by atoms with van der Waals surface area (Å²) in [5, 5.41) is 11.8. The van der Waals surface area contributed by atoms with E-state index in [4.69, 9.17) is 9.47 Å². The maximum Gasteiger partial charge on any atom is 0.280 e.